The number of anilines is 1. The van der Waals surface area contributed by atoms with Gasteiger partial charge in [0, 0.05) is 7.05 Å². The van der Waals surface area contributed by atoms with Gasteiger partial charge < -0.3 is 19.8 Å². The van der Waals surface area contributed by atoms with Crippen molar-refractivity contribution >= 4 is 11.6 Å². The normalized spacial score (nSPS) is 10.4. The fourth-order valence-electron chi connectivity index (χ4n) is 1.94. The molecule has 0 spiro atoms. The molecule has 0 unspecified atom stereocenters. The van der Waals surface area contributed by atoms with Crippen LogP contribution in [0.2, 0.25) is 0 Å². The molecule has 0 aliphatic rings. The van der Waals surface area contributed by atoms with Gasteiger partial charge in [-0.3, -0.25) is 4.79 Å². The van der Waals surface area contributed by atoms with Crippen molar-refractivity contribution in [1.29, 1.82) is 0 Å². The van der Waals surface area contributed by atoms with E-state index in [9.17, 15) is 4.79 Å². The van der Waals surface area contributed by atoms with Gasteiger partial charge in [-0.2, -0.15) is 0 Å². The lowest BCUT2D eigenvalue weighted by atomic mass is 10.3. The highest BCUT2D eigenvalue weighted by Gasteiger charge is 2.11. The lowest BCUT2D eigenvalue weighted by molar-refractivity contribution is -0.131. The van der Waals surface area contributed by atoms with E-state index in [0.717, 1.165) is 11.5 Å². The van der Waals surface area contributed by atoms with Crippen LogP contribution in [-0.2, 0) is 11.3 Å². The van der Waals surface area contributed by atoms with E-state index >= 15 is 0 Å². The fraction of sp³-hybridized carbons (Fsp3) is 0.312. The maximum Gasteiger partial charge on any atom is 0.226 e. The van der Waals surface area contributed by atoms with E-state index < -0.39 is 0 Å². The van der Waals surface area contributed by atoms with Crippen LogP contribution in [0, 0.1) is 6.92 Å². The first-order valence-electron chi connectivity index (χ1n) is 6.83. The summed E-state index contributed by atoms with van der Waals surface area (Å²) in [5.41, 5.74) is 6.34. The molecule has 2 rings (SSSR count). The first-order valence-corrected chi connectivity index (χ1v) is 6.83. The van der Waals surface area contributed by atoms with Gasteiger partial charge in [0.25, 0.3) is 0 Å². The molecular weight excluding hydrogens is 268 g/mol. The van der Waals surface area contributed by atoms with Crippen molar-refractivity contribution in [3.05, 3.63) is 47.9 Å². The number of furan rings is 1. The highest BCUT2D eigenvalue weighted by molar-refractivity contribution is 5.76. The Bertz CT molecular complexity index is 607. The zero-order valence-corrected chi connectivity index (χ0v) is 12.3. The second-order valence-corrected chi connectivity index (χ2v) is 4.90. The van der Waals surface area contributed by atoms with Crippen LogP contribution in [0.1, 0.15) is 17.9 Å². The van der Waals surface area contributed by atoms with E-state index in [-0.39, 0.29) is 5.91 Å². The second kappa shape index (κ2) is 6.83. The average Bonchev–Trinajstić information content (AvgIpc) is 2.86. The maximum atomic E-state index is 12.0. The molecule has 0 atom stereocenters. The summed E-state index contributed by atoms with van der Waals surface area (Å²) in [6.07, 6.45) is 0.296. The molecule has 1 aromatic carbocycles. The number of nitrogen functional groups attached to an aromatic ring is 1. The Morgan fingerprint density at radius 2 is 2.05 bits per heavy atom. The summed E-state index contributed by atoms with van der Waals surface area (Å²) in [6.45, 7) is 2.64. The van der Waals surface area contributed by atoms with E-state index in [2.05, 4.69) is 0 Å². The Morgan fingerprint density at radius 1 is 1.29 bits per heavy atom. The molecule has 2 N–H and O–H groups in total. The zero-order chi connectivity index (χ0) is 15.2. The molecule has 0 saturated carbocycles. The SMILES string of the molecule is Cc1ccc(CN(C)C(=O)CCOc2ccccc2N)o1. The quantitative estimate of drug-likeness (QED) is 0.830. The third-order valence-corrected chi connectivity index (χ3v) is 3.11. The van der Waals surface area contributed by atoms with Crippen molar-refractivity contribution in [2.45, 2.75) is 19.9 Å². The molecule has 0 aliphatic carbocycles. The van der Waals surface area contributed by atoms with Gasteiger partial charge >= 0.3 is 0 Å². The van der Waals surface area contributed by atoms with E-state index in [4.69, 9.17) is 14.9 Å². The Balaban J connectivity index is 1.77. The number of aryl methyl sites for hydroxylation is 1. The third kappa shape index (κ3) is 4.27. The molecule has 0 fully saturated rings. The predicted octanol–water partition coefficient (Wildman–Crippen LogP) is 2.60. The van der Waals surface area contributed by atoms with Gasteiger partial charge in [-0.15, -0.1) is 0 Å². The molecular formula is C16H20N2O3. The van der Waals surface area contributed by atoms with Crippen LogP contribution in [0.25, 0.3) is 0 Å². The molecule has 5 nitrogen and oxygen atoms in total. The maximum absolute atomic E-state index is 12.0. The van der Waals surface area contributed by atoms with Crippen molar-refractivity contribution < 1.29 is 13.9 Å². The highest BCUT2D eigenvalue weighted by Crippen LogP contribution is 2.19. The molecule has 1 heterocycles. The standard InChI is InChI=1S/C16H20N2O3/c1-12-7-8-13(21-12)11-18(2)16(19)9-10-20-15-6-4-3-5-14(15)17/h3-8H,9-11,17H2,1-2H3. The van der Waals surface area contributed by atoms with Crippen LogP contribution in [-0.4, -0.2) is 24.5 Å². The monoisotopic (exact) mass is 288 g/mol. The highest BCUT2D eigenvalue weighted by atomic mass is 16.5. The van der Waals surface area contributed by atoms with Crippen LogP contribution in [0.15, 0.2) is 40.8 Å². The van der Waals surface area contributed by atoms with E-state index in [1.165, 1.54) is 0 Å². The summed E-state index contributed by atoms with van der Waals surface area (Å²) in [4.78, 5) is 13.6. The van der Waals surface area contributed by atoms with Gasteiger partial charge in [-0.05, 0) is 31.2 Å². The Kier molecular flexibility index (Phi) is 4.87. The lowest BCUT2D eigenvalue weighted by Gasteiger charge is -2.16. The summed E-state index contributed by atoms with van der Waals surface area (Å²) < 4.78 is 11.0. The molecule has 112 valence electrons. The largest absolute Gasteiger partial charge is 0.491 e. The molecule has 0 saturated heterocycles. The number of carbonyl (C=O) groups excluding carboxylic acids is 1. The minimum absolute atomic E-state index is 0.00134. The minimum atomic E-state index is -0.00134. The van der Waals surface area contributed by atoms with Crippen molar-refractivity contribution in [2.75, 3.05) is 19.4 Å². The number of para-hydroxylation sites is 2. The number of nitrogens with two attached hydrogens (primary N) is 1. The molecule has 1 aromatic heterocycles. The van der Waals surface area contributed by atoms with E-state index in [1.54, 1.807) is 24.1 Å². The van der Waals surface area contributed by atoms with E-state index in [0.29, 0.717) is 31.0 Å². The van der Waals surface area contributed by atoms with Gasteiger partial charge in [0.15, 0.2) is 0 Å². The van der Waals surface area contributed by atoms with Gasteiger partial charge in [0.2, 0.25) is 5.91 Å². The number of hydrogen-bond acceptors (Lipinski definition) is 4. The van der Waals surface area contributed by atoms with E-state index in [1.807, 2.05) is 31.2 Å². The molecule has 0 radical (unpaired) electrons. The van der Waals surface area contributed by atoms with Crippen molar-refractivity contribution in [3.63, 3.8) is 0 Å². The number of nitrogens with zero attached hydrogens (tertiary/aromatic N) is 1. The molecule has 5 heteroatoms. The Morgan fingerprint density at radius 3 is 2.71 bits per heavy atom. The Labute approximate surface area is 124 Å². The Hall–Kier alpha value is -2.43. The van der Waals surface area contributed by atoms with Gasteiger partial charge in [-0.25, -0.2) is 0 Å². The summed E-state index contributed by atoms with van der Waals surface area (Å²) in [6, 6.07) is 11.0. The van der Waals surface area contributed by atoms with Crippen LogP contribution in [0.3, 0.4) is 0 Å². The first-order chi connectivity index (χ1) is 10.1. The second-order valence-electron chi connectivity index (χ2n) is 4.90. The number of amides is 1. The summed E-state index contributed by atoms with van der Waals surface area (Å²) in [5.74, 6) is 2.22. The third-order valence-electron chi connectivity index (χ3n) is 3.11. The topological polar surface area (TPSA) is 68.7 Å². The lowest BCUT2D eigenvalue weighted by Crippen LogP contribution is -2.27. The number of hydrogen-bond donors (Lipinski definition) is 1. The summed E-state index contributed by atoms with van der Waals surface area (Å²) in [7, 11) is 1.75. The summed E-state index contributed by atoms with van der Waals surface area (Å²) >= 11 is 0. The van der Waals surface area contributed by atoms with Crippen molar-refractivity contribution in [2.24, 2.45) is 0 Å². The van der Waals surface area contributed by atoms with Crippen molar-refractivity contribution in [1.82, 2.24) is 4.90 Å². The molecule has 0 bridgehead atoms. The van der Waals surface area contributed by atoms with Crippen LogP contribution in [0.5, 0.6) is 5.75 Å². The number of rotatable bonds is 6. The van der Waals surface area contributed by atoms with Crippen LogP contribution in [0.4, 0.5) is 5.69 Å². The smallest absolute Gasteiger partial charge is 0.226 e. The van der Waals surface area contributed by atoms with Crippen molar-refractivity contribution in [3.8, 4) is 5.75 Å². The molecule has 1 amide bonds. The number of ether oxygens (including phenoxy) is 1. The van der Waals surface area contributed by atoms with Gasteiger partial charge in [-0.1, -0.05) is 12.1 Å². The average molecular weight is 288 g/mol. The van der Waals surface area contributed by atoms with Crippen LogP contribution >= 0.6 is 0 Å². The van der Waals surface area contributed by atoms with Gasteiger partial charge in [0.05, 0.1) is 25.3 Å². The fourth-order valence-corrected chi connectivity index (χ4v) is 1.94. The molecule has 2 aromatic rings. The molecule has 21 heavy (non-hydrogen) atoms. The number of benzene rings is 1. The van der Waals surface area contributed by atoms with Gasteiger partial charge in [0.1, 0.15) is 17.3 Å². The molecule has 0 aliphatic heterocycles. The first kappa shape index (κ1) is 15.0. The minimum Gasteiger partial charge on any atom is -0.491 e. The zero-order valence-electron chi connectivity index (χ0n) is 12.3. The number of carbonyl (C=O) groups is 1. The predicted molar refractivity (Wildman–Crippen MR) is 80.9 cm³/mol. The van der Waals surface area contributed by atoms with Crippen LogP contribution < -0.4 is 10.5 Å². The summed E-state index contributed by atoms with van der Waals surface area (Å²) in [5, 5.41) is 0.